The first-order valence-electron chi connectivity index (χ1n) is 6.54. The van der Waals surface area contributed by atoms with Crippen molar-refractivity contribution in [3.8, 4) is 0 Å². The molecule has 0 atom stereocenters. The fourth-order valence-corrected chi connectivity index (χ4v) is 3.74. The Labute approximate surface area is 130 Å². The zero-order valence-electron chi connectivity index (χ0n) is 11.7. The molecule has 0 spiro atoms. The van der Waals surface area contributed by atoms with Crippen LogP contribution >= 0.6 is 11.6 Å². The number of para-hydroxylation sites is 1. The van der Waals surface area contributed by atoms with Gasteiger partial charge >= 0.3 is 0 Å². The molecule has 2 N–H and O–H groups in total. The van der Waals surface area contributed by atoms with Crippen molar-refractivity contribution >= 4 is 27.3 Å². The number of nitrogens with zero attached hydrogens (tertiary/aromatic N) is 1. The molecular formula is C15H17ClN2O2S. The molecule has 6 heteroatoms. The van der Waals surface area contributed by atoms with Gasteiger partial charge < -0.3 is 5.73 Å². The first kappa shape index (κ1) is 15.8. The summed E-state index contributed by atoms with van der Waals surface area (Å²) in [6, 6.07) is 13.5. The summed E-state index contributed by atoms with van der Waals surface area (Å²) in [6.45, 7) is 2.38. The van der Waals surface area contributed by atoms with E-state index in [0.29, 0.717) is 17.3 Å². The minimum absolute atomic E-state index is 0.186. The molecule has 0 aromatic heterocycles. The molecule has 0 unspecified atom stereocenters. The molecule has 21 heavy (non-hydrogen) atoms. The maximum absolute atomic E-state index is 12.7. The topological polar surface area (TPSA) is 63.4 Å². The summed E-state index contributed by atoms with van der Waals surface area (Å²) in [5.74, 6) is 0. The van der Waals surface area contributed by atoms with Crippen LogP contribution in [0.3, 0.4) is 0 Å². The van der Waals surface area contributed by atoms with Gasteiger partial charge in [-0.15, -0.1) is 0 Å². The Bertz CT molecular complexity index is 732. The molecule has 2 rings (SSSR count). The van der Waals surface area contributed by atoms with E-state index in [2.05, 4.69) is 0 Å². The van der Waals surface area contributed by atoms with Crippen molar-refractivity contribution in [2.75, 3.05) is 12.3 Å². The van der Waals surface area contributed by atoms with Crippen LogP contribution < -0.4 is 5.73 Å². The molecule has 2 aromatic rings. The molecule has 0 aliphatic rings. The minimum Gasteiger partial charge on any atom is -0.398 e. The van der Waals surface area contributed by atoms with Crippen LogP contribution in [-0.2, 0) is 16.6 Å². The number of hydrogen-bond donors (Lipinski definition) is 1. The molecule has 0 aliphatic heterocycles. The molecule has 2 aromatic carbocycles. The lowest BCUT2D eigenvalue weighted by molar-refractivity contribution is 0.424. The first-order valence-corrected chi connectivity index (χ1v) is 8.36. The Morgan fingerprint density at radius 1 is 1.14 bits per heavy atom. The van der Waals surface area contributed by atoms with Crippen molar-refractivity contribution in [1.29, 1.82) is 0 Å². The lowest BCUT2D eigenvalue weighted by Crippen LogP contribution is -2.30. The van der Waals surface area contributed by atoms with E-state index in [1.165, 1.54) is 16.4 Å². The number of halogens is 1. The summed E-state index contributed by atoms with van der Waals surface area (Å²) in [5.41, 5.74) is 7.25. The third kappa shape index (κ3) is 3.56. The lowest BCUT2D eigenvalue weighted by Gasteiger charge is -2.21. The number of hydrogen-bond acceptors (Lipinski definition) is 3. The van der Waals surface area contributed by atoms with Crippen LogP contribution in [0.15, 0.2) is 53.4 Å². The van der Waals surface area contributed by atoms with Gasteiger partial charge in [-0.1, -0.05) is 42.8 Å². The minimum atomic E-state index is -3.60. The second-order valence-corrected chi connectivity index (χ2v) is 6.96. The van der Waals surface area contributed by atoms with Gasteiger partial charge in [0.15, 0.2) is 0 Å². The van der Waals surface area contributed by atoms with Gasteiger partial charge in [-0.25, -0.2) is 8.42 Å². The second-order valence-electron chi connectivity index (χ2n) is 4.59. The number of anilines is 1. The molecule has 0 fully saturated rings. The Hall–Kier alpha value is -1.56. The molecule has 0 radical (unpaired) electrons. The largest absolute Gasteiger partial charge is 0.398 e. The Morgan fingerprint density at radius 2 is 1.86 bits per heavy atom. The average molecular weight is 325 g/mol. The van der Waals surface area contributed by atoms with Crippen LogP contribution in [0.1, 0.15) is 12.5 Å². The maximum atomic E-state index is 12.7. The Morgan fingerprint density at radius 3 is 2.48 bits per heavy atom. The van der Waals surface area contributed by atoms with Gasteiger partial charge in [0.25, 0.3) is 0 Å². The second kappa shape index (κ2) is 6.47. The monoisotopic (exact) mass is 324 g/mol. The fourth-order valence-electron chi connectivity index (χ4n) is 2.01. The number of nitrogen functional groups attached to an aromatic ring is 1. The third-order valence-corrected chi connectivity index (χ3v) is 5.34. The molecule has 0 heterocycles. The molecule has 0 saturated carbocycles. The van der Waals surface area contributed by atoms with E-state index >= 15 is 0 Å². The van der Waals surface area contributed by atoms with Gasteiger partial charge in [0, 0.05) is 23.8 Å². The zero-order valence-corrected chi connectivity index (χ0v) is 13.2. The van der Waals surface area contributed by atoms with Gasteiger partial charge in [-0.3, -0.25) is 0 Å². The van der Waals surface area contributed by atoms with Crippen LogP contribution in [0.4, 0.5) is 5.69 Å². The van der Waals surface area contributed by atoms with Gasteiger partial charge in [-0.2, -0.15) is 4.31 Å². The van der Waals surface area contributed by atoms with Crippen molar-refractivity contribution in [1.82, 2.24) is 4.31 Å². The Balaban J connectivity index is 2.35. The predicted octanol–water partition coefficient (Wildman–Crippen LogP) is 3.13. The summed E-state index contributed by atoms with van der Waals surface area (Å²) >= 11 is 5.88. The fraction of sp³-hybridized carbons (Fsp3) is 0.200. The summed E-state index contributed by atoms with van der Waals surface area (Å²) in [4.78, 5) is 0.186. The van der Waals surface area contributed by atoms with E-state index in [1.807, 2.05) is 18.2 Å². The van der Waals surface area contributed by atoms with E-state index in [-0.39, 0.29) is 11.4 Å². The average Bonchev–Trinajstić information content (AvgIpc) is 2.46. The highest BCUT2D eigenvalue weighted by molar-refractivity contribution is 7.89. The number of benzene rings is 2. The van der Waals surface area contributed by atoms with Gasteiger partial charge in [0.05, 0.1) is 4.90 Å². The van der Waals surface area contributed by atoms with Crippen molar-refractivity contribution in [2.24, 2.45) is 0 Å². The number of sulfonamides is 1. The van der Waals surface area contributed by atoms with E-state index in [4.69, 9.17) is 17.3 Å². The molecule has 0 saturated heterocycles. The standard InChI is InChI=1S/C15H17ClN2O2S/c1-2-18(11-12-6-3-4-9-15(12)17)21(19,20)14-8-5-7-13(16)10-14/h3-10H,2,11,17H2,1H3. The molecule has 0 bridgehead atoms. The van der Waals surface area contributed by atoms with Crippen LogP contribution in [0, 0.1) is 0 Å². The van der Waals surface area contributed by atoms with Gasteiger partial charge in [0.1, 0.15) is 0 Å². The van der Waals surface area contributed by atoms with Crippen molar-refractivity contribution in [2.45, 2.75) is 18.4 Å². The van der Waals surface area contributed by atoms with Crippen LogP contribution in [0.25, 0.3) is 0 Å². The maximum Gasteiger partial charge on any atom is 0.243 e. The van der Waals surface area contributed by atoms with E-state index in [9.17, 15) is 8.42 Å². The predicted molar refractivity (Wildman–Crippen MR) is 85.6 cm³/mol. The molecular weight excluding hydrogens is 308 g/mol. The van der Waals surface area contributed by atoms with Crippen molar-refractivity contribution in [3.63, 3.8) is 0 Å². The quantitative estimate of drug-likeness (QED) is 0.859. The molecule has 0 aliphatic carbocycles. The SMILES string of the molecule is CCN(Cc1ccccc1N)S(=O)(=O)c1cccc(Cl)c1. The zero-order chi connectivity index (χ0) is 15.5. The summed E-state index contributed by atoms with van der Waals surface area (Å²) < 4.78 is 26.7. The summed E-state index contributed by atoms with van der Waals surface area (Å²) in [5, 5.41) is 0.395. The van der Waals surface area contributed by atoms with Crippen molar-refractivity contribution in [3.05, 3.63) is 59.1 Å². The smallest absolute Gasteiger partial charge is 0.243 e. The summed E-state index contributed by atoms with van der Waals surface area (Å²) in [7, 11) is -3.60. The van der Waals surface area contributed by atoms with E-state index < -0.39 is 10.0 Å². The van der Waals surface area contributed by atoms with Crippen LogP contribution in [0.5, 0.6) is 0 Å². The highest BCUT2D eigenvalue weighted by Gasteiger charge is 2.23. The van der Waals surface area contributed by atoms with Crippen molar-refractivity contribution < 1.29 is 8.42 Å². The highest BCUT2D eigenvalue weighted by Crippen LogP contribution is 2.22. The first-order chi connectivity index (χ1) is 9.95. The third-order valence-electron chi connectivity index (χ3n) is 3.19. The van der Waals surface area contributed by atoms with Crippen LogP contribution in [0.2, 0.25) is 5.02 Å². The Kier molecular flexibility index (Phi) is 4.88. The lowest BCUT2D eigenvalue weighted by atomic mass is 10.2. The normalized spacial score (nSPS) is 11.8. The highest BCUT2D eigenvalue weighted by atomic mass is 35.5. The molecule has 4 nitrogen and oxygen atoms in total. The summed E-state index contributed by atoms with van der Waals surface area (Å²) in [6.07, 6.45) is 0. The van der Waals surface area contributed by atoms with Gasteiger partial charge in [-0.05, 0) is 29.8 Å². The molecule has 112 valence electrons. The van der Waals surface area contributed by atoms with Crippen LogP contribution in [-0.4, -0.2) is 19.3 Å². The van der Waals surface area contributed by atoms with E-state index in [1.54, 1.807) is 25.1 Å². The van der Waals surface area contributed by atoms with E-state index in [0.717, 1.165) is 5.56 Å². The molecule has 0 amide bonds. The number of rotatable bonds is 5. The number of nitrogens with two attached hydrogens (primary N) is 1. The van der Waals surface area contributed by atoms with Gasteiger partial charge in [0.2, 0.25) is 10.0 Å².